The number of nitrogens with one attached hydrogen (secondary N) is 2. The summed E-state index contributed by atoms with van der Waals surface area (Å²) in [5, 5.41) is 3.04. The third kappa shape index (κ3) is 4.06. The minimum absolute atomic E-state index is 0.274. The van der Waals surface area contributed by atoms with Crippen molar-refractivity contribution in [3.8, 4) is 0 Å². The van der Waals surface area contributed by atoms with E-state index in [2.05, 4.69) is 10.0 Å². The number of sulfonamides is 1. The first kappa shape index (κ1) is 15.1. The van der Waals surface area contributed by atoms with E-state index in [0.29, 0.717) is 6.61 Å². The van der Waals surface area contributed by atoms with Crippen LogP contribution in [0.15, 0.2) is 23.1 Å². The molecule has 2 N–H and O–H groups in total. The molecule has 0 aromatic heterocycles. The van der Waals surface area contributed by atoms with E-state index in [1.54, 1.807) is 12.1 Å². The first-order chi connectivity index (χ1) is 8.51. The van der Waals surface area contributed by atoms with Crippen molar-refractivity contribution in [1.82, 2.24) is 10.0 Å². The zero-order chi connectivity index (χ0) is 13.6. The zero-order valence-corrected chi connectivity index (χ0v) is 11.8. The summed E-state index contributed by atoms with van der Waals surface area (Å²) in [7, 11) is -0.0469. The fraction of sp³-hybridized carbons (Fsp3) is 0.500. The van der Waals surface area contributed by atoms with Crippen LogP contribution < -0.4 is 10.0 Å². The average Bonchev–Trinajstić information content (AvgIpc) is 2.32. The molecule has 1 rings (SSSR count). The van der Waals surface area contributed by atoms with Crippen LogP contribution in [0.5, 0.6) is 0 Å². The highest BCUT2D eigenvalue weighted by atomic mass is 32.2. The molecule has 0 saturated heterocycles. The molecule has 5 nitrogen and oxygen atoms in total. The molecule has 0 saturated carbocycles. The molecule has 0 amide bonds. The number of hydrogen-bond acceptors (Lipinski definition) is 4. The molecule has 0 heterocycles. The molecule has 0 unspecified atom stereocenters. The molecule has 0 spiro atoms. The maximum Gasteiger partial charge on any atom is 0.240 e. The minimum atomic E-state index is -3.44. The Morgan fingerprint density at radius 2 is 2.06 bits per heavy atom. The van der Waals surface area contributed by atoms with Gasteiger partial charge in [-0.2, -0.15) is 0 Å². The van der Waals surface area contributed by atoms with Crippen LogP contribution in [0.25, 0.3) is 0 Å². The Morgan fingerprint density at radius 3 is 2.61 bits per heavy atom. The second-order valence-electron chi connectivity index (χ2n) is 4.01. The molecular formula is C12H20N2O3S. The molecule has 0 fully saturated rings. The van der Waals surface area contributed by atoms with Crippen LogP contribution in [-0.4, -0.2) is 35.7 Å². The lowest BCUT2D eigenvalue weighted by atomic mass is 10.1. The van der Waals surface area contributed by atoms with Crippen molar-refractivity contribution in [2.24, 2.45) is 0 Å². The van der Waals surface area contributed by atoms with Gasteiger partial charge < -0.3 is 10.1 Å². The molecule has 18 heavy (non-hydrogen) atoms. The van der Waals surface area contributed by atoms with Gasteiger partial charge in [0, 0.05) is 20.2 Å². The highest BCUT2D eigenvalue weighted by Crippen LogP contribution is 2.15. The predicted octanol–water partition coefficient (Wildman–Crippen LogP) is 0.639. The second kappa shape index (κ2) is 6.84. The summed E-state index contributed by atoms with van der Waals surface area (Å²) >= 11 is 0. The lowest BCUT2D eigenvalue weighted by Crippen LogP contribution is -2.27. The van der Waals surface area contributed by atoms with Gasteiger partial charge in [-0.05, 0) is 37.2 Å². The summed E-state index contributed by atoms with van der Waals surface area (Å²) in [5.74, 6) is 0. The first-order valence-electron chi connectivity index (χ1n) is 5.74. The van der Waals surface area contributed by atoms with Gasteiger partial charge in [-0.3, -0.25) is 0 Å². The molecule has 1 aromatic rings. The van der Waals surface area contributed by atoms with Crippen molar-refractivity contribution in [2.45, 2.75) is 18.4 Å². The average molecular weight is 272 g/mol. The molecule has 0 aliphatic heterocycles. The van der Waals surface area contributed by atoms with Gasteiger partial charge in [0.1, 0.15) is 0 Å². The summed E-state index contributed by atoms with van der Waals surface area (Å²) in [6.07, 6.45) is 0. The monoisotopic (exact) mass is 272 g/mol. The normalized spacial score (nSPS) is 11.7. The molecule has 0 aliphatic rings. The number of ether oxygens (including phenoxy) is 1. The quantitative estimate of drug-likeness (QED) is 0.715. The van der Waals surface area contributed by atoms with Crippen LogP contribution in [0.3, 0.4) is 0 Å². The van der Waals surface area contributed by atoms with E-state index in [0.717, 1.165) is 17.7 Å². The zero-order valence-electron chi connectivity index (χ0n) is 11.0. The molecular weight excluding hydrogens is 252 g/mol. The number of benzene rings is 1. The van der Waals surface area contributed by atoms with Crippen molar-refractivity contribution in [2.75, 3.05) is 27.3 Å². The van der Waals surface area contributed by atoms with Crippen LogP contribution in [-0.2, 0) is 21.3 Å². The van der Waals surface area contributed by atoms with Gasteiger partial charge in [0.15, 0.2) is 0 Å². The van der Waals surface area contributed by atoms with E-state index in [4.69, 9.17) is 4.74 Å². The molecule has 102 valence electrons. The summed E-state index contributed by atoms with van der Waals surface area (Å²) in [5.41, 5.74) is 2.05. The molecule has 0 bridgehead atoms. The van der Waals surface area contributed by atoms with Crippen molar-refractivity contribution in [3.05, 3.63) is 29.3 Å². The SMILES string of the molecule is CNCc1ccc(S(=O)(=O)NCCOC)cc1C. The van der Waals surface area contributed by atoms with Gasteiger partial charge >= 0.3 is 0 Å². The first-order valence-corrected chi connectivity index (χ1v) is 7.22. The van der Waals surface area contributed by atoms with Crippen LogP contribution in [0.1, 0.15) is 11.1 Å². The highest BCUT2D eigenvalue weighted by Gasteiger charge is 2.14. The molecule has 0 radical (unpaired) electrons. The second-order valence-corrected chi connectivity index (χ2v) is 5.78. The predicted molar refractivity (Wildman–Crippen MR) is 71.0 cm³/mol. The molecule has 0 aliphatic carbocycles. The fourth-order valence-electron chi connectivity index (χ4n) is 1.59. The van der Waals surface area contributed by atoms with E-state index >= 15 is 0 Å². The number of methoxy groups -OCH3 is 1. The smallest absolute Gasteiger partial charge is 0.240 e. The van der Waals surface area contributed by atoms with Crippen molar-refractivity contribution in [1.29, 1.82) is 0 Å². The number of hydrogen-bond donors (Lipinski definition) is 2. The Labute approximate surface area is 109 Å². The van der Waals surface area contributed by atoms with Gasteiger partial charge in [-0.15, -0.1) is 0 Å². The summed E-state index contributed by atoms with van der Waals surface area (Å²) in [6.45, 7) is 3.26. The van der Waals surface area contributed by atoms with Gasteiger partial charge in [-0.1, -0.05) is 6.07 Å². The Bertz CT molecular complexity index is 486. The Balaban J connectivity index is 2.86. The molecule has 6 heteroatoms. The lowest BCUT2D eigenvalue weighted by molar-refractivity contribution is 0.204. The molecule has 0 atom stereocenters. The van der Waals surface area contributed by atoms with Crippen molar-refractivity contribution >= 4 is 10.0 Å². The number of rotatable bonds is 7. The molecule has 1 aromatic carbocycles. The van der Waals surface area contributed by atoms with Gasteiger partial charge in [-0.25, -0.2) is 13.1 Å². The van der Waals surface area contributed by atoms with E-state index in [-0.39, 0.29) is 11.4 Å². The van der Waals surface area contributed by atoms with Gasteiger partial charge in [0.05, 0.1) is 11.5 Å². The lowest BCUT2D eigenvalue weighted by Gasteiger charge is -2.10. The van der Waals surface area contributed by atoms with Gasteiger partial charge in [0.2, 0.25) is 10.0 Å². The van der Waals surface area contributed by atoms with Crippen molar-refractivity contribution in [3.63, 3.8) is 0 Å². The fourth-order valence-corrected chi connectivity index (χ4v) is 2.68. The highest BCUT2D eigenvalue weighted by molar-refractivity contribution is 7.89. The maximum absolute atomic E-state index is 11.9. The van der Waals surface area contributed by atoms with Crippen LogP contribution in [0.2, 0.25) is 0 Å². The summed E-state index contributed by atoms with van der Waals surface area (Å²) in [4.78, 5) is 0.288. The van der Waals surface area contributed by atoms with E-state index in [9.17, 15) is 8.42 Å². The van der Waals surface area contributed by atoms with Crippen LogP contribution in [0, 0.1) is 6.92 Å². The van der Waals surface area contributed by atoms with E-state index < -0.39 is 10.0 Å². The van der Waals surface area contributed by atoms with E-state index in [1.807, 2.05) is 20.0 Å². The van der Waals surface area contributed by atoms with Crippen LogP contribution in [0.4, 0.5) is 0 Å². The van der Waals surface area contributed by atoms with Crippen molar-refractivity contribution < 1.29 is 13.2 Å². The Hall–Kier alpha value is -0.950. The van der Waals surface area contributed by atoms with E-state index in [1.165, 1.54) is 7.11 Å². The standard InChI is InChI=1S/C12H20N2O3S/c1-10-8-12(5-4-11(10)9-13-2)18(15,16)14-6-7-17-3/h4-5,8,13-14H,6-7,9H2,1-3H3. The van der Waals surface area contributed by atoms with Crippen LogP contribution >= 0.6 is 0 Å². The third-order valence-corrected chi connectivity index (χ3v) is 4.05. The number of aryl methyl sites for hydroxylation is 1. The minimum Gasteiger partial charge on any atom is -0.383 e. The summed E-state index contributed by atoms with van der Waals surface area (Å²) in [6, 6.07) is 5.13. The third-order valence-electron chi connectivity index (χ3n) is 2.59. The van der Waals surface area contributed by atoms with Gasteiger partial charge in [0.25, 0.3) is 0 Å². The largest absolute Gasteiger partial charge is 0.383 e. The Morgan fingerprint density at radius 1 is 1.33 bits per heavy atom. The Kier molecular flexibility index (Phi) is 5.74. The topological polar surface area (TPSA) is 67.4 Å². The maximum atomic E-state index is 11.9. The summed E-state index contributed by atoms with van der Waals surface area (Å²) < 4.78 is 31.2.